The van der Waals surface area contributed by atoms with Crippen LogP contribution in [0, 0.1) is 0 Å². The smallest absolute Gasteiger partial charge is 0.323 e. The maximum Gasteiger partial charge on any atom is 0.323 e. The molecule has 9 heteroatoms. The van der Waals surface area contributed by atoms with Gasteiger partial charge in [-0.05, 0) is 26.8 Å². The third-order valence-electron chi connectivity index (χ3n) is 2.29. The Morgan fingerprint density at radius 1 is 1.24 bits per heavy atom. The van der Waals surface area contributed by atoms with Gasteiger partial charge in [0.25, 0.3) is 5.95 Å². The minimum absolute atomic E-state index is 0.154. The molecule has 0 aliphatic heterocycles. The van der Waals surface area contributed by atoms with Crippen molar-refractivity contribution in [1.82, 2.24) is 24.7 Å². The van der Waals surface area contributed by atoms with Crippen molar-refractivity contribution in [2.45, 2.75) is 26.4 Å². The highest BCUT2D eigenvalue weighted by molar-refractivity contribution is 5.28. The van der Waals surface area contributed by atoms with Crippen LogP contribution in [-0.2, 0) is 4.74 Å². The first-order valence-electron chi connectivity index (χ1n) is 6.47. The summed E-state index contributed by atoms with van der Waals surface area (Å²) >= 11 is 0. The Balaban J connectivity index is 2.04. The molecule has 21 heavy (non-hydrogen) atoms. The Bertz CT molecular complexity index is 565. The van der Waals surface area contributed by atoms with Crippen molar-refractivity contribution >= 4 is 5.95 Å². The molecule has 2 heterocycles. The molecule has 0 unspecified atom stereocenters. The predicted molar refractivity (Wildman–Crippen MR) is 76.0 cm³/mol. The summed E-state index contributed by atoms with van der Waals surface area (Å²) in [7, 11) is 0. The third kappa shape index (κ3) is 4.65. The number of hydrogen-bond donors (Lipinski definition) is 2. The van der Waals surface area contributed by atoms with Gasteiger partial charge >= 0.3 is 6.01 Å². The van der Waals surface area contributed by atoms with Crippen molar-refractivity contribution in [2.24, 2.45) is 5.84 Å². The molecule has 0 bridgehead atoms. The van der Waals surface area contributed by atoms with Crippen LogP contribution < -0.4 is 16.0 Å². The Morgan fingerprint density at radius 2 is 2.05 bits per heavy atom. The van der Waals surface area contributed by atoms with E-state index in [1.54, 1.807) is 18.5 Å². The molecule has 3 N–H and O–H groups in total. The van der Waals surface area contributed by atoms with E-state index in [-0.39, 0.29) is 17.6 Å². The minimum atomic E-state index is -0.216. The van der Waals surface area contributed by atoms with Gasteiger partial charge in [-0.3, -0.25) is 5.43 Å². The molecular formula is C12H19N7O2. The first-order chi connectivity index (χ1) is 9.98. The molecular weight excluding hydrogens is 274 g/mol. The molecule has 0 saturated heterocycles. The predicted octanol–water partition coefficient (Wildman–Crippen LogP) is 0.537. The van der Waals surface area contributed by atoms with Crippen LogP contribution in [0.25, 0.3) is 5.95 Å². The van der Waals surface area contributed by atoms with Crippen LogP contribution in [0.3, 0.4) is 0 Å². The molecule has 0 aromatic carbocycles. The Morgan fingerprint density at radius 3 is 2.67 bits per heavy atom. The monoisotopic (exact) mass is 293 g/mol. The highest BCUT2D eigenvalue weighted by atomic mass is 16.5. The summed E-state index contributed by atoms with van der Waals surface area (Å²) in [5.41, 5.74) is 2.15. The van der Waals surface area contributed by atoms with Crippen molar-refractivity contribution in [1.29, 1.82) is 0 Å². The van der Waals surface area contributed by atoms with Gasteiger partial charge in [-0.25, -0.2) is 10.5 Å². The molecule has 2 aromatic heterocycles. The number of nitrogen functional groups attached to an aromatic ring is 1. The van der Waals surface area contributed by atoms with E-state index in [1.165, 1.54) is 4.68 Å². The van der Waals surface area contributed by atoms with E-state index in [0.717, 1.165) is 0 Å². The number of hydrazine groups is 1. The molecule has 9 nitrogen and oxygen atoms in total. The van der Waals surface area contributed by atoms with Crippen molar-refractivity contribution in [3.05, 3.63) is 18.5 Å². The van der Waals surface area contributed by atoms with Gasteiger partial charge in [0.1, 0.15) is 6.61 Å². The summed E-state index contributed by atoms with van der Waals surface area (Å²) in [5.74, 6) is 5.85. The number of nitrogens with two attached hydrogens (primary N) is 1. The lowest BCUT2D eigenvalue weighted by Gasteiger charge is -2.19. The van der Waals surface area contributed by atoms with E-state index in [4.69, 9.17) is 15.3 Å². The van der Waals surface area contributed by atoms with Gasteiger partial charge in [0.2, 0.25) is 5.95 Å². The molecule has 0 atom stereocenters. The summed E-state index contributed by atoms with van der Waals surface area (Å²) in [5, 5.41) is 4.05. The van der Waals surface area contributed by atoms with E-state index < -0.39 is 0 Å². The SMILES string of the molecule is CC(C)(C)OCCOc1nc(NN)nc(-n2cccn2)n1. The van der Waals surface area contributed by atoms with Crippen molar-refractivity contribution in [3.63, 3.8) is 0 Å². The molecule has 114 valence electrons. The molecule has 0 spiro atoms. The number of nitrogens with zero attached hydrogens (tertiary/aromatic N) is 5. The summed E-state index contributed by atoms with van der Waals surface area (Å²) in [6.45, 7) is 6.67. The molecule has 0 aliphatic rings. The summed E-state index contributed by atoms with van der Waals surface area (Å²) in [6, 6.07) is 1.91. The number of ether oxygens (including phenoxy) is 2. The van der Waals surface area contributed by atoms with E-state index in [9.17, 15) is 0 Å². The zero-order chi connectivity index (χ0) is 15.3. The molecule has 0 amide bonds. The molecule has 0 radical (unpaired) electrons. The van der Waals surface area contributed by atoms with E-state index in [0.29, 0.717) is 19.2 Å². The second-order valence-electron chi connectivity index (χ2n) is 5.15. The highest BCUT2D eigenvalue weighted by Crippen LogP contribution is 2.10. The summed E-state index contributed by atoms with van der Waals surface area (Å²) in [4.78, 5) is 12.3. The first kappa shape index (κ1) is 15.1. The lowest BCUT2D eigenvalue weighted by atomic mass is 10.2. The van der Waals surface area contributed by atoms with Crippen LogP contribution in [0.5, 0.6) is 6.01 Å². The van der Waals surface area contributed by atoms with Crippen LogP contribution in [0.4, 0.5) is 5.95 Å². The quantitative estimate of drug-likeness (QED) is 0.450. The minimum Gasteiger partial charge on any atom is -0.461 e. The molecule has 2 rings (SSSR count). The highest BCUT2D eigenvalue weighted by Gasteiger charge is 2.11. The van der Waals surface area contributed by atoms with Gasteiger partial charge in [-0.2, -0.15) is 20.1 Å². The van der Waals surface area contributed by atoms with E-state index in [1.807, 2.05) is 20.8 Å². The summed E-state index contributed by atoms with van der Waals surface area (Å²) in [6.07, 6.45) is 3.33. The first-order valence-corrected chi connectivity index (χ1v) is 6.47. The topological polar surface area (TPSA) is 113 Å². The largest absolute Gasteiger partial charge is 0.461 e. The van der Waals surface area contributed by atoms with E-state index in [2.05, 4.69) is 25.5 Å². The number of rotatable bonds is 6. The van der Waals surface area contributed by atoms with E-state index >= 15 is 0 Å². The molecule has 0 saturated carbocycles. The van der Waals surface area contributed by atoms with Gasteiger partial charge in [0.05, 0.1) is 12.2 Å². The summed E-state index contributed by atoms with van der Waals surface area (Å²) < 4.78 is 12.5. The number of aromatic nitrogens is 5. The molecule has 0 fully saturated rings. The standard InChI is InChI=1S/C12H19N7O2/c1-12(2,3)21-8-7-20-11-16-9(18-13)15-10(17-11)19-6-4-5-14-19/h4-6H,7-8,13H2,1-3H3,(H,15,16,17,18). The van der Waals surface area contributed by atoms with Gasteiger partial charge in [0, 0.05) is 12.4 Å². The number of hydrogen-bond acceptors (Lipinski definition) is 8. The average Bonchev–Trinajstić information content (AvgIpc) is 2.96. The zero-order valence-corrected chi connectivity index (χ0v) is 12.3. The molecule has 2 aromatic rings. The van der Waals surface area contributed by atoms with Crippen LogP contribution >= 0.6 is 0 Å². The van der Waals surface area contributed by atoms with Crippen LogP contribution in [0.1, 0.15) is 20.8 Å². The zero-order valence-electron chi connectivity index (χ0n) is 12.3. The second kappa shape index (κ2) is 6.46. The van der Waals surface area contributed by atoms with Crippen molar-refractivity contribution < 1.29 is 9.47 Å². The maximum atomic E-state index is 5.56. The third-order valence-corrected chi connectivity index (χ3v) is 2.29. The maximum absolute atomic E-state index is 5.56. The van der Waals surface area contributed by atoms with Crippen LogP contribution in [0.2, 0.25) is 0 Å². The fourth-order valence-corrected chi connectivity index (χ4v) is 1.45. The fraction of sp³-hybridized carbons (Fsp3) is 0.500. The molecule has 0 aliphatic carbocycles. The fourth-order valence-electron chi connectivity index (χ4n) is 1.45. The van der Waals surface area contributed by atoms with Gasteiger partial charge < -0.3 is 9.47 Å². The lowest BCUT2D eigenvalue weighted by molar-refractivity contribution is -0.0173. The lowest BCUT2D eigenvalue weighted by Crippen LogP contribution is -2.23. The normalized spacial score (nSPS) is 11.4. The van der Waals surface area contributed by atoms with Gasteiger partial charge in [-0.1, -0.05) is 0 Å². The van der Waals surface area contributed by atoms with Crippen LogP contribution in [0.15, 0.2) is 18.5 Å². The van der Waals surface area contributed by atoms with Gasteiger partial charge in [-0.15, -0.1) is 0 Å². The van der Waals surface area contributed by atoms with Crippen molar-refractivity contribution in [2.75, 3.05) is 18.6 Å². The Labute approximate surface area is 122 Å². The number of anilines is 1. The van der Waals surface area contributed by atoms with Crippen molar-refractivity contribution in [3.8, 4) is 12.0 Å². The average molecular weight is 293 g/mol. The Hall–Kier alpha value is -2.26. The Kier molecular flexibility index (Phi) is 4.66. The van der Waals surface area contributed by atoms with Crippen LogP contribution in [-0.4, -0.2) is 43.5 Å². The van der Waals surface area contributed by atoms with Gasteiger partial charge in [0.15, 0.2) is 0 Å². The number of nitrogens with one attached hydrogen (secondary N) is 1. The second-order valence-corrected chi connectivity index (χ2v) is 5.15.